The number of nitrogens with zero attached hydrogens (tertiary/aromatic N) is 3. The number of imidazole rings is 1. The largest absolute Gasteiger partial charge is 0.507 e. The van der Waals surface area contributed by atoms with E-state index in [2.05, 4.69) is 242 Å². The topological polar surface area (TPSA) is 50.9 Å². The molecule has 11 aromatic carbocycles. The molecule has 1 unspecified atom stereocenters. The Labute approximate surface area is 476 Å². The third-order valence-corrected chi connectivity index (χ3v) is 15.8. The summed E-state index contributed by atoms with van der Waals surface area (Å²) in [6.45, 7) is 6.12. The number of hydrogen-bond acceptors (Lipinski definition) is 3. The van der Waals surface area contributed by atoms with Gasteiger partial charge in [-0.3, -0.25) is 9.55 Å². The van der Waals surface area contributed by atoms with E-state index in [4.69, 9.17) is 9.97 Å². The third-order valence-electron chi connectivity index (χ3n) is 15.8. The maximum absolute atomic E-state index is 13.1. The molecule has 388 valence electrons. The lowest BCUT2D eigenvalue weighted by molar-refractivity contribution is 0.479. The highest BCUT2D eigenvalue weighted by atomic mass is 16.3. The number of rotatable bonds is 13. The summed E-state index contributed by atoms with van der Waals surface area (Å²) >= 11 is 0. The van der Waals surface area contributed by atoms with Crippen molar-refractivity contribution in [2.24, 2.45) is 0 Å². The van der Waals surface area contributed by atoms with Crippen molar-refractivity contribution in [2.75, 3.05) is 0 Å². The van der Waals surface area contributed by atoms with E-state index in [9.17, 15) is 6.48 Å². The van der Waals surface area contributed by atoms with Crippen LogP contribution >= 0.6 is 0 Å². The number of phenols is 1. The molecule has 4 nitrogen and oxygen atoms in total. The van der Waals surface area contributed by atoms with E-state index in [-0.39, 0.29) is 11.7 Å². The molecular formula is C77H59N3O. The zero-order valence-corrected chi connectivity index (χ0v) is 45.5. The van der Waals surface area contributed by atoms with Gasteiger partial charge in [0.1, 0.15) is 11.6 Å². The van der Waals surface area contributed by atoms with Gasteiger partial charge in [-0.25, -0.2) is 4.98 Å². The van der Waals surface area contributed by atoms with Crippen LogP contribution in [0.2, 0.25) is 0 Å². The minimum absolute atomic E-state index is 0.124. The van der Waals surface area contributed by atoms with Crippen LogP contribution in [0.3, 0.4) is 0 Å². The van der Waals surface area contributed by atoms with Gasteiger partial charge in [0.25, 0.3) is 0 Å². The zero-order valence-electron chi connectivity index (χ0n) is 46.5. The molecule has 0 amide bonds. The fourth-order valence-electron chi connectivity index (χ4n) is 11.5. The first-order valence-electron chi connectivity index (χ1n) is 28.3. The Bertz CT molecular complexity index is 4360. The van der Waals surface area contributed by atoms with Gasteiger partial charge in [0, 0.05) is 41.3 Å². The van der Waals surface area contributed by atoms with E-state index in [0.29, 0.717) is 17.0 Å². The first-order valence-corrected chi connectivity index (χ1v) is 27.8. The first kappa shape index (κ1) is 49.2. The second kappa shape index (κ2) is 21.9. The minimum Gasteiger partial charge on any atom is -0.507 e. The fraction of sp³-hybridized carbons (Fsp3) is 0.0649. The van der Waals surface area contributed by atoms with Crippen LogP contribution in [0.1, 0.15) is 50.6 Å². The van der Waals surface area contributed by atoms with Gasteiger partial charge in [-0.2, -0.15) is 0 Å². The summed E-state index contributed by atoms with van der Waals surface area (Å²) in [5, 5.41) is 13.1. The average Bonchev–Trinajstić information content (AvgIpc) is 2.57. The van der Waals surface area contributed by atoms with Crippen molar-refractivity contribution in [2.45, 2.75) is 32.6 Å². The van der Waals surface area contributed by atoms with E-state index < -0.39 is 5.89 Å². The monoisotopic (exact) mass is 1040 g/mol. The van der Waals surface area contributed by atoms with Gasteiger partial charge in [0.2, 0.25) is 0 Å². The van der Waals surface area contributed by atoms with E-state index >= 15 is 0 Å². The van der Waals surface area contributed by atoms with Crippen molar-refractivity contribution in [1.82, 2.24) is 14.5 Å². The molecule has 2 aromatic heterocycles. The van der Waals surface area contributed by atoms with E-state index in [1.807, 2.05) is 68.6 Å². The quantitative estimate of drug-likeness (QED) is 0.125. The Morgan fingerprint density at radius 2 is 0.852 bits per heavy atom. The van der Waals surface area contributed by atoms with Crippen LogP contribution in [0.4, 0.5) is 0 Å². The van der Waals surface area contributed by atoms with Gasteiger partial charge in [-0.1, -0.05) is 251 Å². The lowest BCUT2D eigenvalue weighted by Gasteiger charge is -2.22. The van der Waals surface area contributed by atoms with Crippen molar-refractivity contribution in [3.8, 4) is 112 Å². The van der Waals surface area contributed by atoms with Crippen LogP contribution in [-0.2, 0) is 0 Å². The molecular weight excluding hydrogens is 983 g/mol. The molecule has 0 saturated carbocycles. The minimum atomic E-state index is -0.954. The Morgan fingerprint density at radius 3 is 1.48 bits per heavy atom. The van der Waals surface area contributed by atoms with Gasteiger partial charge < -0.3 is 5.11 Å². The fourth-order valence-corrected chi connectivity index (χ4v) is 11.5. The normalized spacial score (nSPS) is 12.1. The van der Waals surface area contributed by atoms with Gasteiger partial charge in [0.05, 0.1) is 28.0 Å². The van der Waals surface area contributed by atoms with Crippen LogP contribution in [-0.4, -0.2) is 19.6 Å². The molecule has 1 N–H and O–H groups in total. The van der Waals surface area contributed by atoms with Crippen LogP contribution in [0.25, 0.3) is 117 Å². The van der Waals surface area contributed by atoms with E-state index in [1.54, 1.807) is 0 Å². The van der Waals surface area contributed by atoms with E-state index in [0.717, 1.165) is 106 Å². The number of aromatic hydroxyl groups is 1. The van der Waals surface area contributed by atoms with Crippen LogP contribution in [0.5, 0.6) is 5.75 Å². The van der Waals surface area contributed by atoms with Crippen molar-refractivity contribution in [3.63, 3.8) is 0 Å². The molecule has 81 heavy (non-hydrogen) atoms. The predicted molar refractivity (Wildman–Crippen MR) is 338 cm³/mol. The standard InChI is InChI=1S/C77H59N3O/c1-51(2)61-45-63(47-64(46-61)72-50-60(43-44-78-72)56-41-39-54(40-42-56)52(3)53-23-9-4-10-24-53)66-35-22-38-73-74(66)79-77(69-37-21-36-68(76(69)81)67-34-20-19-33-65(67)57-27-13-6-14-28-57)80(73)75-70(58-29-15-7-16-30-58)48-62(55-25-11-5-12-26-55)49-71(75)59-31-17-8-18-32-59/h4-52,81H,1-3H3/i51D. The van der Waals surface area contributed by atoms with Crippen LogP contribution < -0.4 is 0 Å². The Hall–Kier alpha value is -10.2. The molecule has 0 radical (unpaired) electrons. The summed E-state index contributed by atoms with van der Waals surface area (Å²) < 4.78 is 11.8. The number of fused-ring (bicyclic) bond motifs is 1. The molecule has 4 heteroatoms. The maximum Gasteiger partial charge on any atom is 0.149 e. The highest BCUT2D eigenvalue weighted by Gasteiger charge is 2.27. The summed E-state index contributed by atoms with van der Waals surface area (Å²) in [6, 6.07) is 97.5. The molecule has 0 bridgehead atoms. The van der Waals surface area contributed by atoms with Crippen molar-refractivity contribution in [3.05, 3.63) is 302 Å². The summed E-state index contributed by atoms with van der Waals surface area (Å²) in [5.74, 6) is 0.0136. The molecule has 0 fully saturated rings. The maximum atomic E-state index is 13.1. The number of para-hydroxylation sites is 2. The molecule has 2 heterocycles. The Kier molecular flexibility index (Phi) is 13.3. The SMILES string of the molecule is [2H]C(C)(C)c1cc(-c2cc(-c3ccc(C(C)c4ccccc4)cc3)ccn2)cc(-c2cccc3c2nc(-c2cccc(-c4ccccc4-c4ccccc4)c2O)n3-c2c(-c3ccccc3)cc(-c3ccccc3)cc2-c2ccccc2)c1. The molecule has 1 atom stereocenters. The van der Waals surface area contributed by atoms with Crippen molar-refractivity contribution in [1.29, 1.82) is 0 Å². The Balaban J connectivity index is 1.05. The number of aromatic nitrogens is 3. The van der Waals surface area contributed by atoms with Gasteiger partial charge in [-0.05, 0) is 127 Å². The van der Waals surface area contributed by atoms with Crippen LogP contribution in [0, 0.1) is 0 Å². The molecule has 0 aliphatic carbocycles. The molecule has 0 aliphatic heterocycles. The molecule has 0 saturated heterocycles. The number of hydrogen-bond donors (Lipinski definition) is 1. The van der Waals surface area contributed by atoms with E-state index in [1.165, 1.54) is 11.1 Å². The highest BCUT2D eigenvalue weighted by Crippen LogP contribution is 2.48. The average molecular weight is 1040 g/mol. The van der Waals surface area contributed by atoms with Gasteiger partial charge in [-0.15, -0.1) is 0 Å². The lowest BCUT2D eigenvalue weighted by Crippen LogP contribution is -2.04. The van der Waals surface area contributed by atoms with Crippen molar-refractivity contribution < 1.29 is 6.48 Å². The summed E-state index contributed by atoms with van der Waals surface area (Å²) in [6.07, 6.45) is 1.88. The molecule has 13 rings (SSSR count). The molecule has 13 aromatic rings. The zero-order chi connectivity index (χ0) is 55.7. The summed E-state index contributed by atoms with van der Waals surface area (Å²) in [4.78, 5) is 10.8. The number of benzene rings is 11. The van der Waals surface area contributed by atoms with Crippen LogP contribution in [0.15, 0.2) is 285 Å². The second-order valence-corrected chi connectivity index (χ2v) is 21.1. The summed E-state index contributed by atoms with van der Waals surface area (Å²) in [5.41, 5.74) is 22.1. The van der Waals surface area contributed by atoms with Gasteiger partial charge in [0.15, 0.2) is 0 Å². The third kappa shape index (κ3) is 9.83. The number of pyridine rings is 1. The molecule has 0 spiro atoms. The van der Waals surface area contributed by atoms with Gasteiger partial charge >= 0.3 is 0 Å². The smallest absolute Gasteiger partial charge is 0.149 e. The number of phenolic OH excluding ortho intramolecular Hbond substituents is 1. The van der Waals surface area contributed by atoms with Crippen molar-refractivity contribution >= 4 is 11.0 Å². The highest BCUT2D eigenvalue weighted by molar-refractivity contribution is 6.01. The molecule has 0 aliphatic rings. The predicted octanol–water partition coefficient (Wildman–Crippen LogP) is 20.4. The second-order valence-electron chi connectivity index (χ2n) is 21.1. The summed E-state index contributed by atoms with van der Waals surface area (Å²) in [7, 11) is 0. The lowest BCUT2D eigenvalue weighted by atomic mass is 9.90. The Morgan fingerprint density at radius 1 is 0.358 bits per heavy atom. The first-order chi connectivity index (χ1) is 40.1.